The number of aliphatic hydroxyl groups excluding tert-OH is 1. The van der Waals surface area contributed by atoms with Gasteiger partial charge in [0.2, 0.25) is 17.2 Å². The molecular formula is C27H25F2N5O7. The number of phenols is 1. The number of benzene rings is 2. The van der Waals surface area contributed by atoms with Gasteiger partial charge in [0.25, 0.3) is 5.88 Å². The minimum absolute atomic E-state index is 0.0249. The summed E-state index contributed by atoms with van der Waals surface area (Å²) >= 11 is 0. The Bertz CT molecular complexity index is 1570. The lowest BCUT2D eigenvalue weighted by molar-refractivity contribution is -0.184. The Labute approximate surface area is 231 Å². The number of halogens is 2. The van der Waals surface area contributed by atoms with E-state index in [0.717, 1.165) is 0 Å². The summed E-state index contributed by atoms with van der Waals surface area (Å²) in [5, 5.41) is 37.4. The molecule has 1 aliphatic carbocycles. The van der Waals surface area contributed by atoms with E-state index in [1.165, 1.54) is 36.4 Å². The Kier molecular flexibility index (Phi) is 7.19. The summed E-state index contributed by atoms with van der Waals surface area (Å²) in [5.41, 5.74) is 4.14. The van der Waals surface area contributed by atoms with Crippen molar-refractivity contribution in [3.8, 4) is 34.6 Å². The Balaban J connectivity index is 1.50. The van der Waals surface area contributed by atoms with Crippen molar-refractivity contribution in [2.45, 2.75) is 30.7 Å². The van der Waals surface area contributed by atoms with Crippen LogP contribution in [-0.4, -0.2) is 68.5 Å². The minimum atomic E-state index is -1.81. The van der Waals surface area contributed by atoms with Crippen molar-refractivity contribution in [1.82, 2.24) is 9.88 Å². The van der Waals surface area contributed by atoms with Crippen LogP contribution in [0.2, 0.25) is 0 Å². The molecule has 3 unspecified atom stereocenters. The second kappa shape index (κ2) is 10.6. The number of ether oxygens (including phenoxy) is 3. The maximum Gasteiger partial charge on any atom is 0.350 e. The standard InChI is InChI=1S/C27H25F2N5O7/c1-34-9-8-32-24(34)15-11-14(41-27(26(37)38)7-6-20(27)36)3-5-18(15)39-22-16(28)12-33-25(21(22)29)40-19-10-13(23(30)31)2-4-17(19)35/h2-5,8,10-12,20,24,35-36H,6-7,9H2,1H3,(H3,30,31)(H,37,38). The molecule has 0 saturated heterocycles. The van der Waals surface area contributed by atoms with Crippen molar-refractivity contribution in [2.75, 3.05) is 13.6 Å². The van der Waals surface area contributed by atoms with Gasteiger partial charge in [0, 0.05) is 30.3 Å². The number of nitrogen functional groups attached to an aromatic ring is 1. The van der Waals surface area contributed by atoms with Gasteiger partial charge in [-0.1, -0.05) is 0 Å². The van der Waals surface area contributed by atoms with Crippen molar-refractivity contribution in [3.05, 3.63) is 65.4 Å². The molecule has 41 heavy (non-hydrogen) atoms. The number of nitrogens with zero attached hydrogens (tertiary/aromatic N) is 3. The fourth-order valence-corrected chi connectivity index (χ4v) is 4.42. The zero-order valence-corrected chi connectivity index (χ0v) is 21.5. The third kappa shape index (κ3) is 5.10. The first-order valence-corrected chi connectivity index (χ1v) is 12.3. The monoisotopic (exact) mass is 569 g/mol. The molecule has 3 atom stereocenters. The Morgan fingerprint density at radius 1 is 1.20 bits per heavy atom. The van der Waals surface area contributed by atoms with Crippen molar-refractivity contribution in [1.29, 1.82) is 5.41 Å². The summed E-state index contributed by atoms with van der Waals surface area (Å²) in [7, 11) is 1.75. The van der Waals surface area contributed by atoms with Crippen LogP contribution in [-0.2, 0) is 4.79 Å². The van der Waals surface area contributed by atoms with Crippen molar-refractivity contribution >= 4 is 18.0 Å². The van der Waals surface area contributed by atoms with E-state index >= 15 is 4.39 Å². The number of amidine groups is 1. The number of phenolic OH excluding ortho intramolecular Hbond substituents is 1. The average molecular weight is 570 g/mol. The number of nitrogens with two attached hydrogens (primary N) is 1. The topological polar surface area (TPSA) is 184 Å². The van der Waals surface area contributed by atoms with E-state index in [0.29, 0.717) is 18.3 Å². The molecule has 0 bridgehead atoms. The number of rotatable bonds is 9. The largest absolute Gasteiger partial charge is 0.504 e. The van der Waals surface area contributed by atoms with Crippen LogP contribution < -0.4 is 19.9 Å². The molecule has 12 nitrogen and oxygen atoms in total. The predicted molar refractivity (Wildman–Crippen MR) is 140 cm³/mol. The van der Waals surface area contributed by atoms with Gasteiger partial charge in [-0.15, -0.1) is 0 Å². The summed E-state index contributed by atoms with van der Waals surface area (Å²) in [6, 6.07) is 7.87. The molecule has 0 amide bonds. The van der Waals surface area contributed by atoms with Crippen LogP contribution >= 0.6 is 0 Å². The summed E-state index contributed by atoms with van der Waals surface area (Å²) < 4.78 is 47.1. The number of carbonyl (C=O) groups is 1. The van der Waals surface area contributed by atoms with E-state index in [4.69, 9.17) is 25.4 Å². The quantitative estimate of drug-likeness (QED) is 0.189. The van der Waals surface area contributed by atoms with Gasteiger partial charge in [-0.2, -0.15) is 4.39 Å². The molecule has 1 aliphatic heterocycles. The second-order valence-electron chi connectivity index (χ2n) is 9.55. The fraction of sp³-hybridized carbons (Fsp3) is 0.259. The first-order valence-electron chi connectivity index (χ1n) is 12.3. The number of carboxylic acid groups (broad SMARTS) is 1. The zero-order chi connectivity index (χ0) is 29.5. The summed E-state index contributed by atoms with van der Waals surface area (Å²) in [6.07, 6.45) is 0.802. The average Bonchev–Trinajstić information content (AvgIpc) is 3.36. The Hall–Kier alpha value is -4.82. The predicted octanol–water partition coefficient (Wildman–Crippen LogP) is 3.31. The van der Waals surface area contributed by atoms with Crippen LogP contribution in [0.4, 0.5) is 8.78 Å². The number of aliphatic imine (C=N–C) groups is 1. The van der Waals surface area contributed by atoms with Crippen molar-refractivity contribution in [3.63, 3.8) is 0 Å². The maximum atomic E-state index is 15.5. The molecule has 0 spiro atoms. The third-order valence-corrected chi connectivity index (χ3v) is 6.87. The first-order chi connectivity index (χ1) is 19.5. The van der Waals surface area contributed by atoms with Gasteiger partial charge in [0.1, 0.15) is 29.6 Å². The van der Waals surface area contributed by atoms with Crippen LogP contribution in [0, 0.1) is 17.0 Å². The van der Waals surface area contributed by atoms with Crippen molar-refractivity contribution < 1.29 is 43.1 Å². The highest BCUT2D eigenvalue weighted by Crippen LogP contribution is 2.43. The number of hydrogen-bond acceptors (Lipinski definition) is 10. The normalized spacial score (nSPS) is 21.8. The lowest BCUT2D eigenvalue weighted by atomic mass is 9.76. The van der Waals surface area contributed by atoms with Gasteiger partial charge in [-0.25, -0.2) is 14.2 Å². The van der Waals surface area contributed by atoms with E-state index in [1.54, 1.807) is 18.2 Å². The number of pyridine rings is 1. The van der Waals surface area contributed by atoms with Gasteiger partial charge < -0.3 is 35.3 Å². The molecule has 5 rings (SSSR count). The van der Waals surface area contributed by atoms with E-state index in [1.807, 2.05) is 0 Å². The minimum Gasteiger partial charge on any atom is -0.504 e. The highest BCUT2D eigenvalue weighted by Gasteiger charge is 2.55. The molecule has 1 saturated carbocycles. The van der Waals surface area contributed by atoms with Crippen LogP contribution in [0.5, 0.6) is 34.6 Å². The van der Waals surface area contributed by atoms with Crippen molar-refractivity contribution in [2.24, 2.45) is 10.7 Å². The fourth-order valence-electron chi connectivity index (χ4n) is 4.42. The molecule has 0 radical (unpaired) electrons. The summed E-state index contributed by atoms with van der Waals surface area (Å²) in [4.78, 5) is 21.7. The molecular weight excluding hydrogens is 544 g/mol. The molecule has 2 aliphatic rings. The number of aromatic hydroxyl groups is 1. The van der Waals surface area contributed by atoms with E-state index in [2.05, 4.69) is 9.98 Å². The number of hydrogen-bond donors (Lipinski definition) is 5. The molecule has 3 aromatic rings. The van der Waals surface area contributed by atoms with Gasteiger partial charge >= 0.3 is 5.97 Å². The number of aliphatic carboxylic acids is 1. The lowest BCUT2D eigenvalue weighted by Crippen LogP contribution is -2.61. The molecule has 2 heterocycles. The van der Waals surface area contributed by atoms with Crippen LogP contribution in [0.15, 0.2) is 47.6 Å². The van der Waals surface area contributed by atoms with Crippen LogP contribution in [0.25, 0.3) is 0 Å². The number of aromatic nitrogens is 1. The van der Waals surface area contributed by atoms with Gasteiger partial charge in [-0.3, -0.25) is 15.3 Å². The number of aliphatic hydroxyl groups is 1. The van der Waals surface area contributed by atoms with Gasteiger partial charge in [0.05, 0.1) is 6.20 Å². The highest BCUT2D eigenvalue weighted by molar-refractivity contribution is 5.95. The lowest BCUT2D eigenvalue weighted by Gasteiger charge is -2.42. The molecule has 6 N–H and O–H groups in total. The molecule has 1 aromatic heterocycles. The summed E-state index contributed by atoms with van der Waals surface area (Å²) in [5.74, 6) is -6.34. The zero-order valence-electron chi connectivity index (χ0n) is 21.5. The van der Waals surface area contributed by atoms with Crippen LogP contribution in [0.3, 0.4) is 0 Å². The van der Waals surface area contributed by atoms with Gasteiger partial charge in [-0.05, 0) is 49.9 Å². The van der Waals surface area contributed by atoms with E-state index in [-0.39, 0.29) is 41.5 Å². The first kappa shape index (κ1) is 27.7. The Morgan fingerprint density at radius 2 is 1.98 bits per heavy atom. The number of nitrogens with one attached hydrogen (secondary N) is 1. The summed E-state index contributed by atoms with van der Waals surface area (Å²) in [6.45, 7) is 0.464. The molecule has 14 heteroatoms. The smallest absolute Gasteiger partial charge is 0.350 e. The van der Waals surface area contributed by atoms with Gasteiger partial charge in [0.15, 0.2) is 17.3 Å². The van der Waals surface area contributed by atoms with E-state index < -0.39 is 52.9 Å². The molecule has 1 fully saturated rings. The van der Waals surface area contributed by atoms with E-state index in [9.17, 15) is 24.5 Å². The molecule has 214 valence electrons. The third-order valence-electron chi connectivity index (χ3n) is 6.87. The highest BCUT2D eigenvalue weighted by atomic mass is 19.1. The molecule has 2 aromatic carbocycles. The number of carboxylic acids is 1. The van der Waals surface area contributed by atoms with Crippen LogP contribution in [0.1, 0.15) is 30.1 Å². The Morgan fingerprint density at radius 3 is 2.59 bits per heavy atom. The SMILES string of the molecule is CN1CC=NC1c1cc(OC2(C(=O)O)CCC2O)ccc1Oc1c(F)cnc(Oc2cc(C(=N)N)ccc2O)c1F. The maximum absolute atomic E-state index is 15.5. The second-order valence-corrected chi connectivity index (χ2v) is 9.55.